The molecule has 2 heterocycles. The van der Waals surface area contributed by atoms with Gasteiger partial charge in [0.2, 0.25) is 0 Å². The highest BCUT2D eigenvalue weighted by molar-refractivity contribution is 5.88. The lowest BCUT2D eigenvalue weighted by Crippen LogP contribution is -2.48. The molecule has 4 rings (SSSR count). The lowest BCUT2D eigenvalue weighted by molar-refractivity contribution is 0.0637. The fraction of sp³-hybridized carbons (Fsp3) is 0.450. The fourth-order valence-corrected chi connectivity index (χ4v) is 4.56. The van der Waals surface area contributed by atoms with Gasteiger partial charge in [-0.05, 0) is 44.0 Å². The molecule has 24 heavy (non-hydrogen) atoms. The van der Waals surface area contributed by atoms with Crippen molar-refractivity contribution in [2.24, 2.45) is 5.92 Å². The monoisotopic (exact) mass is 321 g/mol. The van der Waals surface area contributed by atoms with E-state index in [4.69, 9.17) is 10.00 Å². The van der Waals surface area contributed by atoms with Crippen molar-refractivity contribution >= 4 is 10.9 Å². The summed E-state index contributed by atoms with van der Waals surface area (Å²) in [5.41, 5.74) is 4.20. The number of likely N-dealkylation sites (tertiary alicyclic amines) is 1. The maximum absolute atomic E-state index is 8.71. The standard InChI is InChI=1S/C20H23N3O/c1-13(6-7-21)24-12-14-8-17-16-4-3-5-18-20(16)15(10-22-18)9-19(17)23(2)11-14/h3-6,10,14,17,19,22H,8-9,11-12H2,1-2H3/b13-6-/t14-,17?,19-/m1/s1. The average Bonchev–Trinajstić information content (AvgIpc) is 2.99. The maximum Gasteiger partial charge on any atom is 0.103 e. The SMILES string of the molecule is C/C(=C/C#N)OC[C@@H]1CC2c3cccc4[nH]cc(c34)C[C@H]2N(C)C1. The molecule has 1 aromatic heterocycles. The zero-order valence-corrected chi connectivity index (χ0v) is 14.2. The van der Waals surface area contributed by atoms with Crippen molar-refractivity contribution in [3.63, 3.8) is 0 Å². The Labute approximate surface area is 142 Å². The Kier molecular flexibility index (Phi) is 3.82. The van der Waals surface area contributed by atoms with Crippen LogP contribution in [0.15, 0.2) is 36.2 Å². The van der Waals surface area contributed by atoms with Crippen LogP contribution in [0.4, 0.5) is 0 Å². The zero-order valence-electron chi connectivity index (χ0n) is 14.2. The summed E-state index contributed by atoms with van der Waals surface area (Å²) in [7, 11) is 2.24. The molecule has 1 aliphatic carbocycles. The summed E-state index contributed by atoms with van der Waals surface area (Å²) in [6.07, 6.45) is 5.93. The van der Waals surface area contributed by atoms with E-state index in [9.17, 15) is 0 Å². The molecule has 4 heteroatoms. The van der Waals surface area contributed by atoms with Gasteiger partial charge < -0.3 is 14.6 Å². The van der Waals surface area contributed by atoms with Crippen molar-refractivity contribution in [3.05, 3.63) is 47.4 Å². The summed E-state index contributed by atoms with van der Waals surface area (Å²) in [5, 5.41) is 10.1. The minimum atomic E-state index is 0.494. The predicted octanol–water partition coefficient (Wildman–Crippen LogP) is 3.57. The molecule has 1 aromatic carbocycles. The Hall–Kier alpha value is -2.25. The number of benzene rings is 1. The van der Waals surface area contributed by atoms with E-state index in [0.717, 1.165) is 19.4 Å². The predicted molar refractivity (Wildman–Crippen MR) is 94.6 cm³/mol. The number of fused-ring (bicyclic) bond motifs is 2. The first-order valence-electron chi connectivity index (χ1n) is 8.65. The number of likely N-dealkylation sites (N-methyl/N-ethyl adjacent to an activating group) is 1. The molecule has 0 spiro atoms. The molecule has 2 aliphatic rings. The second-order valence-electron chi connectivity index (χ2n) is 7.20. The number of hydrogen-bond acceptors (Lipinski definition) is 3. The Morgan fingerprint density at radius 3 is 3.21 bits per heavy atom. The first kappa shape index (κ1) is 15.3. The first-order valence-corrected chi connectivity index (χ1v) is 8.65. The van der Waals surface area contributed by atoms with Crippen LogP contribution in [0.3, 0.4) is 0 Å². The van der Waals surface area contributed by atoms with Crippen LogP contribution in [0.2, 0.25) is 0 Å². The number of nitriles is 1. The molecule has 0 saturated carbocycles. The molecule has 1 unspecified atom stereocenters. The summed E-state index contributed by atoms with van der Waals surface area (Å²) in [6.45, 7) is 3.59. The Morgan fingerprint density at radius 2 is 2.38 bits per heavy atom. The quantitative estimate of drug-likeness (QED) is 0.694. The largest absolute Gasteiger partial charge is 0.497 e. The minimum absolute atomic E-state index is 0.494. The van der Waals surface area contributed by atoms with E-state index in [2.05, 4.69) is 41.3 Å². The smallest absolute Gasteiger partial charge is 0.103 e. The highest BCUT2D eigenvalue weighted by Gasteiger charge is 2.39. The van der Waals surface area contributed by atoms with Gasteiger partial charge in [0.15, 0.2) is 0 Å². The van der Waals surface area contributed by atoms with Gasteiger partial charge in [-0.1, -0.05) is 12.1 Å². The summed E-state index contributed by atoms with van der Waals surface area (Å²) < 4.78 is 5.78. The molecule has 1 N–H and O–H groups in total. The van der Waals surface area contributed by atoms with Crippen molar-refractivity contribution in [2.45, 2.75) is 31.7 Å². The van der Waals surface area contributed by atoms with E-state index < -0.39 is 0 Å². The van der Waals surface area contributed by atoms with Gasteiger partial charge in [0.1, 0.15) is 5.76 Å². The molecule has 2 aromatic rings. The number of ether oxygens (including phenoxy) is 1. The maximum atomic E-state index is 8.71. The van der Waals surface area contributed by atoms with E-state index >= 15 is 0 Å². The highest BCUT2D eigenvalue weighted by atomic mass is 16.5. The van der Waals surface area contributed by atoms with Gasteiger partial charge in [0.05, 0.1) is 18.8 Å². The molecular weight excluding hydrogens is 298 g/mol. The third-order valence-electron chi connectivity index (χ3n) is 5.63. The van der Waals surface area contributed by atoms with E-state index in [-0.39, 0.29) is 0 Å². The number of hydrogen-bond donors (Lipinski definition) is 1. The van der Waals surface area contributed by atoms with Gasteiger partial charge in [-0.2, -0.15) is 5.26 Å². The summed E-state index contributed by atoms with van der Waals surface area (Å²) >= 11 is 0. The van der Waals surface area contributed by atoms with Gasteiger partial charge in [-0.25, -0.2) is 0 Å². The van der Waals surface area contributed by atoms with Crippen molar-refractivity contribution in [2.75, 3.05) is 20.2 Å². The van der Waals surface area contributed by atoms with E-state index in [1.165, 1.54) is 28.1 Å². The van der Waals surface area contributed by atoms with Crippen LogP contribution >= 0.6 is 0 Å². The number of H-pyrrole nitrogens is 1. The second kappa shape index (κ2) is 5.99. The molecule has 1 saturated heterocycles. The molecular formula is C20H23N3O. The van der Waals surface area contributed by atoms with Crippen LogP contribution < -0.4 is 0 Å². The molecule has 4 nitrogen and oxygen atoms in total. The van der Waals surface area contributed by atoms with Crippen LogP contribution in [0.5, 0.6) is 0 Å². The first-order chi connectivity index (χ1) is 11.7. The average molecular weight is 321 g/mol. The van der Waals surface area contributed by atoms with Crippen molar-refractivity contribution < 1.29 is 4.74 Å². The third-order valence-corrected chi connectivity index (χ3v) is 5.63. The number of aromatic amines is 1. The lowest BCUT2D eigenvalue weighted by atomic mass is 9.72. The van der Waals surface area contributed by atoms with Crippen LogP contribution in [0, 0.1) is 17.2 Å². The zero-order chi connectivity index (χ0) is 16.7. The molecule has 0 radical (unpaired) electrons. The topological polar surface area (TPSA) is 52.0 Å². The van der Waals surface area contributed by atoms with Crippen LogP contribution in [-0.4, -0.2) is 36.1 Å². The Balaban J connectivity index is 1.59. The van der Waals surface area contributed by atoms with Crippen LogP contribution in [-0.2, 0) is 11.2 Å². The van der Waals surface area contributed by atoms with Gasteiger partial charge >= 0.3 is 0 Å². The molecule has 1 fully saturated rings. The number of nitrogens with zero attached hydrogens (tertiary/aromatic N) is 2. The number of allylic oxidation sites excluding steroid dienone is 2. The molecule has 0 amide bonds. The molecule has 3 atom stereocenters. The minimum Gasteiger partial charge on any atom is -0.497 e. The van der Waals surface area contributed by atoms with Crippen LogP contribution in [0.25, 0.3) is 10.9 Å². The number of aromatic nitrogens is 1. The van der Waals surface area contributed by atoms with Gasteiger partial charge in [-0.3, -0.25) is 0 Å². The van der Waals surface area contributed by atoms with Crippen molar-refractivity contribution in [3.8, 4) is 6.07 Å². The highest BCUT2D eigenvalue weighted by Crippen LogP contribution is 2.44. The fourth-order valence-electron chi connectivity index (χ4n) is 4.56. The summed E-state index contributed by atoms with van der Waals surface area (Å²) in [6, 6.07) is 9.24. The number of rotatable bonds is 3. The van der Waals surface area contributed by atoms with Crippen molar-refractivity contribution in [1.82, 2.24) is 9.88 Å². The molecule has 1 aliphatic heterocycles. The van der Waals surface area contributed by atoms with E-state index in [1.807, 2.05) is 13.0 Å². The summed E-state index contributed by atoms with van der Waals surface area (Å²) in [5.74, 6) is 1.76. The summed E-state index contributed by atoms with van der Waals surface area (Å²) in [4.78, 5) is 5.93. The van der Waals surface area contributed by atoms with E-state index in [0.29, 0.717) is 30.2 Å². The van der Waals surface area contributed by atoms with Gasteiger partial charge in [0, 0.05) is 41.5 Å². The normalized spacial score (nSPS) is 26.9. The second-order valence-corrected chi connectivity index (χ2v) is 7.20. The van der Waals surface area contributed by atoms with Gasteiger partial charge in [0.25, 0.3) is 0 Å². The number of piperidine rings is 1. The van der Waals surface area contributed by atoms with Crippen molar-refractivity contribution in [1.29, 1.82) is 5.26 Å². The van der Waals surface area contributed by atoms with Crippen LogP contribution in [0.1, 0.15) is 30.4 Å². The lowest BCUT2D eigenvalue weighted by Gasteiger charge is -2.45. The molecule has 0 bridgehead atoms. The Bertz CT molecular complexity index is 829. The molecule has 124 valence electrons. The van der Waals surface area contributed by atoms with Gasteiger partial charge in [-0.15, -0.1) is 0 Å². The number of nitrogens with one attached hydrogen (secondary N) is 1. The third kappa shape index (κ3) is 2.50. The Morgan fingerprint density at radius 1 is 1.50 bits per heavy atom. The van der Waals surface area contributed by atoms with E-state index in [1.54, 1.807) is 0 Å².